The molecule has 0 fully saturated rings. The Labute approximate surface area is 187 Å². The molecule has 0 spiro atoms. The van der Waals surface area contributed by atoms with Crippen molar-refractivity contribution in [3.05, 3.63) is 90.5 Å². The highest BCUT2D eigenvalue weighted by atomic mass is 16.1. The first-order chi connectivity index (χ1) is 15.7. The van der Waals surface area contributed by atoms with E-state index in [-0.39, 0.29) is 5.91 Å². The summed E-state index contributed by atoms with van der Waals surface area (Å²) < 4.78 is 0. The minimum atomic E-state index is 0.0150. The quantitative estimate of drug-likeness (QED) is 0.317. The number of hydrogen-bond acceptors (Lipinski definition) is 4. The van der Waals surface area contributed by atoms with Crippen LogP contribution in [0.3, 0.4) is 0 Å². The van der Waals surface area contributed by atoms with Gasteiger partial charge in [-0.3, -0.25) is 4.79 Å². The molecule has 1 amide bonds. The van der Waals surface area contributed by atoms with Crippen LogP contribution in [0.1, 0.15) is 18.4 Å². The van der Waals surface area contributed by atoms with Crippen molar-refractivity contribution in [1.29, 1.82) is 0 Å². The zero-order valence-corrected chi connectivity index (χ0v) is 17.9. The fourth-order valence-corrected chi connectivity index (χ4v) is 3.37. The van der Waals surface area contributed by atoms with Gasteiger partial charge in [-0.05, 0) is 71.2 Å². The number of hydrogen-bond donors (Lipinski definition) is 2. The van der Waals surface area contributed by atoms with Gasteiger partial charge in [0.15, 0.2) is 5.69 Å². The normalized spacial score (nSPS) is 10.8. The van der Waals surface area contributed by atoms with Crippen LogP contribution in [0.15, 0.2) is 84.9 Å². The van der Waals surface area contributed by atoms with E-state index in [0.717, 1.165) is 35.3 Å². The van der Waals surface area contributed by atoms with Crippen LogP contribution in [0.25, 0.3) is 22.8 Å². The molecule has 1 heterocycles. The predicted octanol–water partition coefficient (Wildman–Crippen LogP) is 2.61. The third kappa shape index (κ3) is 5.25. The molecule has 162 valence electrons. The fraction of sp³-hybridized carbons (Fsp3) is 0.200. The number of amides is 1. The van der Waals surface area contributed by atoms with Crippen LogP contribution in [0.5, 0.6) is 0 Å². The van der Waals surface area contributed by atoms with Crippen molar-refractivity contribution in [3.63, 3.8) is 0 Å². The molecule has 0 saturated carbocycles. The van der Waals surface area contributed by atoms with Gasteiger partial charge < -0.3 is 11.1 Å². The zero-order chi connectivity index (χ0) is 22.2. The van der Waals surface area contributed by atoms with E-state index in [0.29, 0.717) is 25.3 Å². The van der Waals surface area contributed by atoms with Gasteiger partial charge >= 0.3 is 5.82 Å². The topological polar surface area (TPSA) is 89.7 Å². The summed E-state index contributed by atoms with van der Waals surface area (Å²) in [5.74, 6) is 0.650. The molecule has 4 aromatic rings. The van der Waals surface area contributed by atoms with E-state index in [4.69, 9.17) is 15.9 Å². The second kappa shape index (κ2) is 10.5. The summed E-state index contributed by atoms with van der Waals surface area (Å²) in [4.78, 5) is 15.7. The van der Waals surface area contributed by atoms with Gasteiger partial charge in [0.2, 0.25) is 5.91 Å². The molecule has 7 heteroatoms. The molecule has 7 nitrogen and oxygen atoms in total. The standard InChI is InChI=1S/C25H26N6O/c26-17-7-8-18-27-24(32)19-20-13-15-23(16-14-20)31-29-25(21-9-3-1-4-10-21)28-30(31)22-11-5-2-6-12-22/h1-6,9-16H,7-8,17-19,26H2/p+1. The molecule has 0 aliphatic rings. The summed E-state index contributed by atoms with van der Waals surface area (Å²) in [5.41, 5.74) is 9.14. The summed E-state index contributed by atoms with van der Waals surface area (Å²) in [6.45, 7) is 1.31. The van der Waals surface area contributed by atoms with Gasteiger partial charge in [0, 0.05) is 11.3 Å². The Bertz CT molecular complexity index is 1140. The Morgan fingerprint density at radius 1 is 0.906 bits per heavy atom. The molecule has 32 heavy (non-hydrogen) atoms. The summed E-state index contributed by atoms with van der Waals surface area (Å²) >= 11 is 0. The number of benzene rings is 3. The van der Waals surface area contributed by atoms with Gasteiger partial charge in [-0.25, -0.2) is 0 Å². The highest BCUT2D eigenvalue weighted by Gasteiger charge is 2.23. The molecule has 3 aromatic carbocycles. The average molecular weight is 428 g/mol. The summed E-state index contributed by atoms with van der Waals surface area (Å²) in [6, 6.07) is 27.6. The molecule has 0 aliphatic heterocycles. The zero-order valence-electron chi connectivity index (χ0n) is 17.9. The van der Waals surface area contributed by atoms with Gasteiger partial charge in [-0.15, -0.1) is 0 Å². The first-order valence-electron chi connectivity index (χ1n) is 10.8. The van der Waals surface area contributed by atoms with Crippen LogP contribution < -0.4 is 15.8 Å². The van der Waals surface area contributed by atoms with Gasteiger partial charge in [0.05, 0.1) is 17.1 Å². The number of nitrogens with one attached hydrogen (secondary N) is 1. The van der Waals surface area contributed by atoms with Gasteiger partial charge in [-0.2, -0.15) is 0 Å². The van der Waals surface area contributed by atoms with E-state index in [1.54, 1.807) is 9.59 Å². The smallest absolute Gasteiger partial charge is 0.340 e. The number of carbonyl (C=O) groups excluding carboxylic acids is 1. The molecule has 0 atom stereocenters. The lowest BCUT2D eigenvalue weighted by Crippen LogP contribution is -2.43. The first kappa shape index (κ1) is 21.4. The summed E-state index contributed by atoms with van der Waals surface area (Å²) in [7, 11) is 0. The number of unbranched alkanes of at least 4 members (excludes halogenated alkanes) is 1. The highest BCUT2D eigenvalue weighted by Crippen LogP contribution is 2.15. The molecule has 0 unspecified atom stereocenters. The van der Waals surface area contributed by atoms with Crippen molar-refractivity contribution in [3.8, 4) is 22.8 Å². The molecule has 4 rings (SSSR count). The number of rotatable bonds is 9. The molecule has 3 N–H and O–H groups in total. The van der Waals surface area contributed by atoms with Gasteiger partial charge in [0.25, 0.3) is 0 Å². The lowest BCUT2D eigenvalue weighted by atomic mass is 10.1. The SMILES string of the molecule is NCCCCNC(=O)Cc1ccc(-n2nc(-c3ccccc3)n[n+]2-c2ccccc2)cc1. The number of nitrogens with zero attached hydrogens (tertiary/aromatic N) is 4. The third-order valence-electron chi connectivity index (χ3n) is 5.06. The number of para-hydroxylation sites is 1. The Balaban J connectivity index is 1.57. The van der Waals surface area contributed by atoms with Crippen LogP contribution >= 0.6 is 0 Å². The molecule has 1 aromatic heterocycles. The van der Waals surface area contributed by atoms with E-state index in [9.17, 15) is 4.79 Å². The number of nitrogens with two attached hydrogens (primary N) is 1. The second-order valence-corrected chi connectivity index (χ2v) is 7.49. The Morgan fingerprint density at radius 3 is 2.28 bits per heavy atom. The van der Waals surface area contributed by atoms with Crippen molar-refractivity contribution in [2.75, 3.05) is 13.1 Å². The van der Waals surface area contributed by atoms with E-state index < -0.39 is 0 Å². The maximum Gasteiger partial charge on any atom is 0.340 e. The number of carbonyl (C=O) groups is 1. The Morgan fingerprint density at radius 2 is 1.59 bits per heavy atom. The number of aromatic nitrogens is 4. The van der Waals surface area contributed by atoms with Crippen LogP contribution in [-0.4, -0.2) is 34.0 Å². The Hall–Kier alpha value is -3.84. The molecular formula is C25H27N6O+. The van der Waals surface area contributed by atoms with E-state index in [2.05, 4.69) is 5.32 Å². The van der Waals surface area contributed by atoms with Crippen molar-refractivity contribution >= 4 is 5.91 Å². The summed E-state index contributed by atoms with van der Waals surface area (Å²) in [5, 5.41) is 12.4. The molecule has 0 bridgehead atoms. The van der Waals surface area contributed by atoms with Crippen molar-refractivity contribution < 1.29 is 9.59 Å². The van der Waals surface area contributed by atoms with Crippen molar-refractivity contribution in [2.24, 2.45) is 5.73 Å². The predicted molar refractivity (Wildman–Crippen MR) is 123 cm³/mol. The summed E-state index contributed by atoms with van der Waals surface area (Å²) in [6.07, 6.45) is 2.16. The van der Waals surface area contributed by atoms with Crippen molar-refractivity contribution in [1.82, 2.24) is 20.3 Å². The van der Waals surface area contributed by atoms with Crippen LogP contribution in [-0.2, 0) is 11.2 Å². The van der Waals surface area contributed by atoms with Crippen LogP contribution in [0, 0.1) is 0 Å². The third-order valence-corrected chi connectivity index (χ3v) is 5.06. The second-order valence-electron chi connectivity index (χ2n) is 7.49. The van der Waals surface area contributed by atoms with Crippen LogP contribution in [0.4, 0.5) is 0 Å². The maximum atomic E-state index is 12.2. The molecular weight excluding hydrogens is 400 g/mol. The molecule has 0 aliphatic carbocycles. The maximum absolute atomic E-state index is 12.2. The first-order valence-corrected chi connectivity index (χ1v) is 10.8. The Kier molecular flexibility index (Phi) is 6.99. The largest absolute Gasteiger partial charge is 0.356 e. The average Bonchev–Trinajstić information content (AvgIpc) is 3.29. The lowest BCUT2D eigenvalue weighted by molar-refractivity contribution is -0.734. The molecule has 0 radical (unpaired) electrons. The van der Waals surface area contributed by atoms with Gasteiger partial charge in [-0.1, -0.05) is 48.5 Å². The minimum Gasteiger partial charge on any atom is -0.356 e. The van der Waals surface area contributed by atoms with E-state index in [1.165, 1.54) is 0 Å². The molecule has 0 saturated heterocycles. The minimum absolute atomic E-state index is 0.0150. The fourth-order valence-electron chi connectivity index (χ4n) is 3.37. The van der Waals surface area contributed by atoms with Crippen molar-refractivity contribution in [2.45, 2.75) is 19.3 Å². The lowest BCUT2D eigenvalue weighted by Gasteiger charge is -2.05. The van der Waals surface area contributed by atoms with Gasteiger partial charge in [0.1, 0.15) is 5.69 Å². The monoisotopic (exact) mass is 427 g/mol. The van der Waals surface area contributed by atoms with E-state index in [1.807, 2.05) is 84.9 Å². The number of tetrazole rings is 1. The van der Waals surface area contributed by atoms with E-state index >= 15 is 0 Å². The highest BCUT2D eigenvalue weighted by molar-refractivity contribution is 5.78. The van der Waals surface area contributed by atoms with Crippen LogP contribution in [0.2, 0.25) is 0 Å².